The molecule has 3 saturated carbocycles. The Balaban J connectivity index is 1.98. The van der Waals surface area contributed by atoms with E-state index < -0.39 is 0 Å². The minimum atomic E-state index is -0.163. The van der Waals surface area contributed by atoms with E-state index in [2.05, 4.69) is 27.4 Å². The van der Waals surface area contributed by atoms with Crippen molar-refractivity contribution in [1.82, 2.24) is 0 Å². The first-order chi connectivity index (χ1) is 8.79. The van der Waals surface area contributed by atoms with Gasteiger partial charge in [-0.05, 0) is 54.4 Å². The highest BCUT2D eigenvalue weighted by molar-refractivity contribution is 5.66. The Hall–Kier alpha value is -0.790. The van der Waals surface area contributed by atoms with Crippen LogP contribution in [0.5, 0.6) is 0 Å². The maximum absolute atomic E-state index is 11.3. The van der Waals surface area contributed by atoms with Gasteiger partial charge >= 0.3 is 5.97 Å². The van der Waals surface area contributed by atoms with Crippen LogP contribution in [0.3, 0.4) is 0 Å². The third-order valence-electron chi connectivity index (χ3n) is 6.45. The van der Waals surface area contributed by atoms with Gasteiger partial charge in [-0.3, -0.25) is 4.79 Å². The van der Waals surface area contributed by atoms with Gasteiger partial charge in [0.1, 0.15) is 6.10 Å². The molecule has 106 valence electrons. The Labute approximate surface area is 116 Å². The zero-order valence-corrected chi connectivity index (χ0v) is 12.7. The molecule has 0 heterocycles. The molecule has 0 amide bonds. The summed E-state index contributed by atoms with van der Waals surface area (Å²) in [5, 5.41) is 0. The van der Waals surface area contributed by atoms with E-state index in [1.165, 1.54) is 31.8 Å². The number of hydrogen-bond donors (Lipinski definition) is 0. The van der Waals surface area contributed by atoms with E-state index in [1.807, 2.05) is 0 Å². The predicted molar refractivity (Wildman–Crippen MR) is 75.5 cm³/mol. The minimum absolute atomic E-state index is 0.0263. The van der Waals surface area contributed by atoms with Crippen LogP contribution >= 0.6 is 0 Å². The summed E-state index contributed by atoms with van der Waals surface area (Å²) < 4.78 is 5.54. The molecule has 0 aromatic heterocycles. The Morgan fingerprint density at radius 1 is 1.32 bits per heavy atom. The number of esters is 1. The molecule has 0 N–H and O–H groups in total. The van der Waals surface area contributed by atoms with E-state index in [0.29, 0.717) is 17.3 Å². The smallest absolute Gasteiger partial charge is 0.303 e. The summed E-state index contributed by atoms with van der Waals surface area (Å²) in [6.07, 6.45) is 4.85. The molecule has 0 aliphatic heterocycles. The predicted octanol–water partition coefficient (Wildman–Crippen LogP) is 3.96. The molecule has 5 atom stereocenters. The van der Waals surface area contributed by atoms with Gasteiger partial charge in [0.25, 0.3) is 0 Å². The van der Waals surface area contributed by atoms with Crippen LogP contribution in [-0.2, 0) is 9.53 Å². The molecule has 2 unspecified atom stereocenters. The summed E-state index contributed by atoms with van der Waals surface area (Å²) in [7, 11) is 0. The lowest BCUT2D eigenvalue weighted by Crippen LogP contribution is -2.36. The van der Waals surface area contributed by atoms with Gasteiger partial charge in [0, 0.05) is 12.3 Å². The van der Waals surface area contributed by atoms with Crippen LogP contribution < -0.4 is 0 Å². The summed E-state index contributed by atoms with van der Waals surface area (Å²) in [6, 6.07) is 0. The average molecular weight is 262 g/mol. The highest BCUT2D eigenvalue weighted by atomic mass is 16.5. The van der Waals surface area contributed by atoms with Crippen LogP contribution in [0.1, 0.15) is 53.4 Å². The number of ether oxygens (including phenoxy) is 1. The first kappa shape index (κ1) is 13.2. The quantitative estimate of drug-likeness (QED) is 0.528. The molecule has 0 aromatic carbocycles. The van der Waals surface area contributed by atoms with E-state index in [0.717, 1.165) is 12.3 Å². The van der Waals surface area contributed by atoms with Crippen LogP contribution in [-0.4, -0.2) is 12.1 Å². The number of rotatable bonds is 1. The Kier molecular flexibility index (Phi) is 2.69. The third kappa shape index (κ3) is 1.58. The summed E-state index contributed by atoms with van der Waals surface area (Å²) in [4.78, 5) is 11.3. The lowest BCUT2D eigenvalue weighted by atomic mass is 9.62. The summed E-state index contributed by atoms with van der Waals surface area (Å²) >= 11 is 0. The molecule has 3 fully saturated rings. The topological polar surface area (TPSA) is 26.3 Å². The minimum Gasteiger partial charge on any atom is -0.458 e. The molecule has 2 nitrogen and oxygen atoms in total. The Morgan fingerprint density at radius 2 is 2.00 bits per heavy atom. The highest BCUT2D eigenvalue weighted by Crippen LogP contribution is 2.72. The molecule has 2 bridgehead atoms. The van der Waals surface area contributed by atoms with Crippen LogP contribution in [0.25, 0.3) is 0 Å². The molecule has 2 heteroatoms. The Morgan fingerprint density at radius 3 is 2.58 bits per heavy atom. The van der Waals surface area contributed by atoms with Crippen molar-refractivity contribution in [2.24, 2.45) is 28.6 Å². The lowest BCUT2D eigenvalue weighted by molar-refractivity contribution is -0.144. The highest BCUT2D eigenvalue weighted by Gasteiger charge is 2.66. The van der Waals surface area contributed by atoms with E-state index in [9.17, 15) is 4.79 Å². The third-order valence-corrected chi connectivity index (χ3v) is 6.45. The zero-order chi connectivity index (χ0) is 14.0. The van der Waals surface area contributed by atoms with Crippen molar-refractivity contribution >= 4 is 5.97 Å². The van der Waals surface area contributed by atoms with Gasteiger partial charge < -0.3 is 4.74 Å². The fourth-order valence-corrected chi connectivity index (χ4v) is 5.77. The van der Waals surface area contributed by atoms with Gasteiger partial charge in [0.05, 0.1) is 0 Å². The van der Waals surface area contributed by atoms with Gasteiger partial charge in [-0.15, -0.1) is 0 Å². The molecule has 0 aromatic rings. The monoisotopic (exact) mass is 262 g/mol. The summed E-state index contributed by atoms with van der Waals surface area (Å²) in [5.74, 6) is 1.98. The normalized spacial score (nSPS) is 47.1. The van der Waals surface area contributed by atoms with Crippen LogP contribution in [0.2, 0.25) is 0 Å². The van der Waals surface area contributed by atoms with Crippen molar-refractivity contribution in [3.8, 4) is 0 Å². The molecule has 19 heavy (non-hydrogen) atoms. The lowest BCUT2D eigenvalue weighted by Gasteiger charge is -2.42. The van der Waals surface area contributed by atoms with Crippen molar-refractivity contribution in [1.29, 1.82) is 0 Å². The van der Waals surface area contributed by atoms with Crippen molar-refractivity contribution in [3.63, 3.8) is 0 Å². The van der Waals surface area contributed by atoms with Crippen molar-refractivity contribution in [2.75, 3.05) is 0 Å². The number of carbonyl (C=O) groups is 1. The molecular weight excluding hydrogens is 236 g/mol. The SMILES string of the molecule is C=C1C(OC(C)=O)CC2[C@H]3CC[C@@H](C)[C@@]12CC3(C)C. The van der Waals surface area contributed by atoms with E-state index in [4.69, 9.17) is 4.74 Å². The van der Waals surface area contributed by atoms with Crippen LogP contribution in [0.4, 0.5) is 0 Å². The fraction of sp³-hybridized carbons (Fsp3) is 0.824. The van der Waals surface area contributed by atoms with Gasteiger partial charge in [0.2, 0.25) is 0 Å². The van der Waals surface area contributed by atoms with Gasteiger partial charge in [0.15, 0.2) is 0 Å². The molecule has 0 spiro atoms. The second-order valence-corrected chi connectivity index (χ2v) is 7.76. The van der Waals surface area contributed by atoms with E-state index in [1.54, 1.807) is 0 Å². The van der Waals surface area contributed by atoms with Gasteiger partial charge in [-0.25, -0.2) is 0 Å². The van der Waals surface area contributed by atoms with Crippen LogP contribution in [0.15, 0.2) is 12.2 Å². The second-order valence-electron chi connectivity index (χ2n) is 7.76. The fourth-order valence-electron chi connectivity index (χ4n) is 5.77. The summed E-state index contributed by atoms with van der Waals surface area (Å²) in [6.45, 7) is 13.1. The molecule has 0 saturated heterocycles. The average Bonchev–Trinajstić information content (AvgIpc) is 2.62. The van der Waals surface area contributed by atoms with Crippen LogP contribution in [0, 0.1) is 28.6 Å². The molecule has 0 radical (unpaired) electrons. The largest absolute Gasteiger partial charge is 0.458 e. The van der Waals surface area contributed by atoms with Crippen molar-refractivity contribution in [3.05, 3.63) is 12.2 Å². The first-order valence-corrected chi connectivity index (χ1v) is 7.65. The van der Waals surface area contributed by atoms with Crippen molar-refractivity contribution in [2.45, 2.75) is 59.5 Å². The zero-order valence-electron chi connectivity index (χ0n) is 12.7. The Bertz CT molecular complexity index is 437. The molecule has 3 aliphatic carbocycles. The summed E-state index contributed by atoms with van der Waals surface area (Å²) in [5.41, 5.74) is 1.88. The maximum Gasteiger partial charge on any atom is 0.303 e. The van der Waals surface area contributed by atoms with Crippen molar-refractivity contribution < 1.29 is 9.53 Å². The number of hydrogen-bond acceptors (Lipinski definition) is 2. The van der Waals surface area contributed by atoms with E-state index in [-0.39, 0.29) is 17.5 Å². The van der Waals surface area contributed by atoms with E-state index >= 15 is 0 Å². The van der Waals surface area contributed by atoms with Gasteiger partial charge in [-0.1, -0.05) is 27.4 Å². The maximum atomic E-state index is 11.3. The second kappa shape index (κ2) is 3.86. The number of carbonyl (C=O) groups excluding carboxylic acids is 1. The molecule has 3 rings (SSSR count). The van der Waals surface area contributed by atoms with Gasteiger partial charge in [-0.2, -0.15) is 0 Å². The standard InChI is InChI=1S/C17H26O2/c1-10-6-7-13-14-8-15(19-12(3)18)11(2)17(10,14)9-16(13,4)5/h10,13-15H,2,6-9H2,1,3-5H3/t10-,13-,14?,15?,17+/m1/s1. The molecule has 3 aliphatic rings. The first-order valence-electron chi connectivity index (χ1n) is 7.65. The molecular formula is C17H26O2.